The van der Waals surface area contributed by atoms with Crippen LogP contribution >= 0.6 is 23.4 Å². The van der Waals surface area contributed by atoms with E-state index in [0.29, 0.717) is 17.2 Å². The summed E-state index contributed by atoms with van der Waals surface area (Å²) in [6, 6.07) is 15.0. The van der Waals surface area contributed by atoms with E-state index in [1.165, 1.54) is 11.8 Å². The van der Waals surface area contributed by atoms with E-state index in [0.717, 1.165) is 5.56 Å². The maximum atomic E-state index is 12.5. The molecule has 0 saturated carbocycles. The molecular formula is C22H25ClN2O4S. The molecule has 0 saturated heterocycles. The van der Waals surface area contributed by atoms with E-state index in [1.807, 2.05) is 43.5 Å². The van der Waals surface area contributed by atoms with Crippen molar-refractivity contribution in [2.24, 2.45) is 0 Å². The standard InChI is InChI=1S/C22H25ClN2O4S/c1-15(16-8-4-3-5-9-16)24-20(26)14-29-22(28)19(12-13-30-2)25-21(27)17-10-6-7-11-18(17)23/h3-11,15,19H,12-14H2,1-2H3,(H,24,26)(H,25,27). The van der Waals surface area contributed by atoms with Crippen LogP contribution in [0.4, 0.5) is 0 Å². The second kappa shape index (κ2) is 12.2. The molecule has 0 bridgehead atoms. The van der Waals surface area contributed by atoms with E-state index in [4.69, 9.17) is 16.3 Å². The third kappa shape index (κ3) is 7.39. The second-order valence-electron chi connectivity index (χ2n) is 6.59. The van der Waals surface area contributed by atoms with Gasteiger partial charge in [-0.15, -0.1) is 0 Å². The van der Waals surface area contributed by atoms with E-state index in [1.54, 1.807) is 24.3 Å². The van der Waals surface area contributed by atoms with Crippen LogP contribution < -0.4 is 10.6 Å². The summed E-state index contributed by atoms with van der Waals surface area (Å²) in [5, 5.41) is 5.73. The van der Waals surface area contributed by atoms with Crippen molar-refractivity contribution in [3.63, 3.8) is 0 Å². The van der Waals surface area contributed by atoms with Crippen molar-refractivity contribution >= 4 is 41.1 Å². The fourth-order valence-corrected chi connectivity index (χ4v) is 3.40. The topological polar surface area (TPSA) is 84.5 Å². The number of hydrogen-bond acceptors (Lipinski definition) is 5. The molecule has 0 aromatic heterocycles. The number of thioether (sulfide) groups is 1. The Morgan fingerprint density at radius 1 is 1.03 bits per heavy atom. The molecule has 2 rings (SSSR count). The van der Waals surface area contributed by atoms with Gasteiger partial charge in [0.15, 0.2) is 6.61 Å². The van der Waals surface area contributed by atoms with Crippen LogP contribution in [0.2, 0.25) is 5.02 Å². The molecule has 0 spiro atoms. The summed E-state index contributed by atoms with van der Waals surface area (Å²) in [5.74, 6) is -0.904. The number of rotatable bonds is 10. The summed E-state index contributed by atoms with van der Waals surface area (Å²) in [5.41, 5.74) is 1.22. The predicted molar refractivity (Wildman–Crippen MR) is 120 cm³/mol. The quantitative estimate of drug-likeness (QED) is 0.542. The maximum absolute atomic E-state index is 12.5. The van der Waals surface area contributed by atoms with Gasteiger partial charge >= 0.3 is 5.97 Å². The summed E-state index contributed by atoms with van der Waals surface area (Å²) in [4.78, 5) is 37.2. The summed E-state index contributed by atoms with van der Waals surface area (Å²) in [7, 11) is 0. The van der Waals surface area contributed by atoms with Crippen LogP contribution in [0, 0.1) is 0 Å². The van der Waals surface area contributed by atoms with Crippen molar-refractivity contribution in [3.8, 4) is 0 Å². The molecule has 0 aliphatic heterocycles. The number of carbonyl (C=O) groups excluding carboxylic acids is 3. The SMILES string of the molecule is CSCCC(NC(=O)c1ccccc1Cl)C(=O)OCC(=O)NC(C)c1ccccc1. The molecule has 2 N–H and O–H groups in total. The Morgan fingerprint density at radius 2 is 1.70 bits per heavy atom. The molecule has 2 aromatic rings. The van der Waals surface area contributed by atoms with E-state index in [9.17, 15) is 14.4 Å². The minimum atomic E-state index is -0.874. The Morgan fingerprint density at radius 3 is 2.37 bits per heavy atom. The lowest BCUT2D eigenvalue weighted by atomic mass is 10.1. The Hall–Kier alpha value is -2.51. The van der Waals surface area contributed by atoms with Gasteiger partial charge in [-0.3, -0.25) is 9.59 Å². The number of esters is 1. The van der Waals surface area contributed by atoms with Gasteiger partial charge in [0.25, 0.3) is 11.8 Å². The fraction of sp³-hybridized carbons (Fsp3) is 0.318. The number of halogens is 1. The molecule has 6 nitrogen and oxygen atoms in total. The van der Waals surface area contributed by atoms with Gasteiger partial charge in [-0.05, 0) is 43.0 Å². The van der Waals surface area contributed by atoms with Gasteiger partial charge in [0.05, 0.1) is 16.6 Å². The second-order valence-corrected chi connectivity index (χ2v) is 7.99. The largest absolute Gasteiger partial charge is 0.454 e. The van der Waals surface area contributed by atoms with Crippen molar-refractivity contribution < 1.29 is 19.1 Å². The number of amides is 2. The van der Waals surface area contributed by atoms with Crippen LogP contribution in [0.25, 0.3) is 0 Å². The van der Waals surface area contributed by atoms with Crippen molar-refractivity contribution in [2.45, 2.75) is 25.4 Å². The number of benzene rings is 2. The van der Waals surface area contributed by atoms with Crippen molar-refractivity contribution in [1.82, 2.24) is 10.6 Å². The van der Waals surface area contributed by atoms with Crippen LogP contribution in [0.15, 0.2) is 54.6 Å². The normalized spacial score (nSPS) is 12.5. The van der Waals surface area contributed by atoms with Gasteiger partial charge in [-0.25, -0.2) is 4.79 Å². The molecule has 160 valence electrons. The molecule has 2 atom stereocenters. The van der Waals surface area contributed by atoms with E-state index in [2.05, 4.69) is 10.6 Å². The highest BCUT2D eigenvalue weighted by molar-refractivity contribution is 7.98. The number of ether oxygens (including phenoxy) is 1. The summed E-state index contributed by atoms with van der Waals surface area (Å²) < 4.78 is 5.16. The first kappa shape index (κ1) is 23.8. The predicted octanol–water partition coefficient (Wildman–Crippen LogP) is 3.61. The zero-order valence-electron chi connectivity index (χ0n) is 16.9. The Balaban J connectivity index is 1.92. The molecule has 0 fully saturated rings. The maximum Gasteiger partial charge on any atom is 0.329 e. The van der Waals surface area contributed by atoms with E-state index in [-0.39, 0.29) is 11.6 Å². The number of hydrogen-bond donors (Lipinski definition) is 2. The lowest BCUT2D eigenvalue weighted by Crippen LogP contribution is -2.43. The molecule has 8 heteroatoms. The van der Waals surface area contributed by atoms with Crippen molar-refractivity contribution in [3.05, 3.63) is 70.7 Å². The molecule has 30 heavy (non-hydrogen) atoms. The molecule has 0 aliphatic rings. The Labute approximate surface area is 185 Å². The van der Waals surface area contributed by atoms with E-state index < -0.39 is 30.4 Å². The zero-order chi connectivity index (χ0) is 21.9. The third-order valence-electron chi connectivity index (χ3n) is 4.34. The molecule has 0 heterocycles. The summed E-state index contributed by atoms with van der Waals surface area (Å²) in [6.07, 6.45) is 2.27. The number of carbonyl (C=O) groups is 3. The Kier molecular flexibility index (Phi) is 9.70. The van der Waals surface area contributed by atoms with Gasteiger partial charge in [0.2, 0.25) is 0 Å². The lowest BCUT2D eigenvalue weighted by molar-refractivity contribution is -0.150. The highest BCUT2D eigenvalue weighted by Gasteiger charge is 2.24. The minimum Gasteiger partial charge on any atom is -0.454 e. The van der Waals surface area contributed by atoms with Crippen LogP contribution in [-0.2, 0) is 14.3 Å². The number of nitrogens with one attached hydrogen (secondary N) is 2. The highest BCUT2D eigenvalue weighted by Crippen LogP contribution is 2.15. The first-order valence-electron chi connectivity index (χ1n) is 9.47. The summed E-state index contributed by atoms with van der Waals surface area (Å²) in [6.45, 7) is 1.42. The van der Waals surface area contributed by atoms with Gasteiger partial charge in [-0.2, -0.15) is 11.8 Å². The van der Waals surface area contributed by atoms with Gasteiger partial charge < -0.3 is 15.4 Å². The van der Waals surface area contributed by atoms with Gasteiger partial charge in [-0.1, -0.05) is 54.1 Å². The van der Waals surface area contributed by atoms with Crippen molar-refractivity contribution in [2.75, 3.05) is 18.6 Å². The van der Waals surface area contributed by atoms with E-state index >= 15 is 0 Å². The monoisotopic (exact) mass is 448 g/mol. The smallest absolute Gasteiger partial charge is 0.329 e. The lowest BCUT2D eigenvalue weighted by Gasteiger charge is -2.18. The molecule has 2 unspecified atom stereocenters. The molecule has 2 amide bonds. The average Bonchev–Trinajstić information content (AvgIpc) is 2.75. The van der Waals surface area contributed by atoms with Gasteiger partial charge in [0, 0.05) is 0 Å². The first-order chi connectivity index (χ1) is 14.4. The minimum absolute atomic E-state index is 0.218. The van der Waals surface area contributed by atoms with Crippen LogP contribution in [0.3, 0.4) is 0 Å². The molecule has 0 aliphatic carbocycles. The zero-order valence-corrected chi connectivity index (χ0v) is 18.5. The van der Waals surface area contributed by atoms with Crippen LogP contribution in [-0.4, -0.2) is 42.4 Å². The summed E-state index contributed by atoms with van der Waals surface area (Å²) >= 11 is 7.59. The first-order valence-corrected chi connectivity index (χ1v) is 11.2. The third-order valence-corrected chi connectivity index (χ3v) is 5.32. The average molecular weight is 449 g/mol. The van der Waals surface area contributed by atoms with Crippen molar-refractivity contribution in [1.29, 1.82) is 0 Å². The molecule has 0 radical (unpaired) electrons. The fourth-order valence-electron chi connectivity index (χ4n) is 2.71. The molecular weight excluding hydrogens is 424 g/mol. The van der Waals surface area contributed by atoms with Crippen LogP contribution in [0.5, 0.6) is 0 Å². The Bertz CT molecular complexity index is 863. The van der Waals surface area contributed by atoms with Gasteiger partial charge in [0.1, 0.15) is 6.04 Å². The highest BCUT2D eigenvalue weighted by atomic mass is 35.5. The van der Waals surface area contributed by atoms with Crippen LogP contribution in [0.1, 0.15) is 35.3 Å². The molecule has 2 aromatic carbocycles.